The zero-order chi connectivity index (χ0) is 57.6. The van der Waals surface area contributed by atoms with Crippen LogP contribution in [0.25, 0.3) is 0 Å². The minimum absolute atomic E-state index is 0.177. The number of quaternary nitrogens is 1. The molecule has 79 heavy (non-hydrogen) atoms. The van der Waals surface area contributed by atoms with E-state index < -0.39 is 18.4 Å². The molecule has 0 spiro atoms. The normalized spacial score (nSPS) is 12.8. The fraction of sp³-hybridized carbons (Fsp3) is 0.900. The number of carbonyl (C=O) groups excluding carboxylic acids is 2. The fourth-order valence-corrected chi connectivity index (χ4v) is 10.4. The standard InChI is InChI=1S/C70H133NO8/c1-6-8-10-12-14-16-18-20-22-24-26-28-29-30-31-32-33-34-35-36-37-38-39-41-43-45-47-49-51-53-55-57-59-61-68(73)79-66(65-78-70(69(74)75)76-63-62-71(3,4)5)64-77-67(72)60-58-56-54-52-50-48-46-44-42-40-27-25-23-21-19-17-15-13-11-9-7-2/h24-27,66,70H,6-23,28-65H2,1-5H3/p+1/b26-24-,27-25-. The molecule has 0 aliphatic rings. The summed E-state index contributed by atoms with van der Waals surface area (Å²) in [6, 6.07) is 0. The molecule has 1 N–H and O–H groups in total. The fourth-order valence-electron chi connectivity index (χ4n) is 10.4. The lowest BCUT2D eigenvalue weighted by molar-refractivity contribution is -0.870. The van der Waals surface area contributed by atoms with E-state index in [2.05, 4.69) is 38.2 Å². The Morgan fingerprint density at radius 2 is 0.646 bits per heavy atom. The van der Waals surface area contributed by atoms with Crippen molar-refractivity contribution in [3.8, 4) is 0 Å². The number of rotatable bonds is 65. The molecule has 0 heterocycles. The van der Waals surface area contributed by atoms with Gasteiger partial charge in [0.05, 0.1) is 34.4 Å². The molecule has 0 bridgehead atoms. The Labute approximate surface area is 490 Å². The number of hydrogen-bond donors (Lipinski definition) is 1. The highest BCUT2D eigenvalue weighted by Crippen LogP contribution is 2.18. The number of allylic oxidation sites excluding steroid dienone is 4. The second kappa shape index (κ2) is 61.8. The van der Waals surface area contributed by atoms with Gasteiger partial charge in [0, 0.05) is 12.8 Å². The zero-order valence-corrected chi connectivity index (χ0v) is 53.3. The molecule has 0 saturated heterocycles. The van der Waals surface area contributed by atoms with Gasteiger partial charge in [0.1, 0.15) is 13.2 Å². The molecule has 0 fully saturated rings. The zero-order valence-electron chi connectivity index (χ0n) is 53.3. The van der Waals surface area contributed by atoms with Gasteiger partial charge < -0.3 is 28.5 Å². The van der Waals surface area contributed by atoms with Crippen molar-refractivity contribution >= 4 is 17.9 Å². The molecule has 0 rings (SSSR count). The first-order chi connectivity index (χ1) is 38.6. The average Bonchev–Trinajstić information content (AvgIpc) is 3.42. The number of nitrogens with zero attached hydrogens (tertiary/aromatic N) is 1. The first-order valence-corrected chi connectivity index (χ1v) is 34.5. The Bertz CT molecular complexity index is 1340. The molecule has 9 heteroatoms. The summed E-state index contributed by atoms with van der Waals surface area (Å²) in [4.78, 5) is 37.6. The number of ether oxygens (including phenoxy) is 4. The third kappa shape index (κ3) is 63.2. The second-order valence-electron chi connectivity index (χ2n) is 24.8. The van der Waals surface area contributed by atoms with E-state index >= 15 is 0 Å². The number of carboxylic acids is 1. The van der Waals surface area contributed by atoms with Crippen LogP contribution in [0.3, 0.4) is 0 Å². The molecular weight excluding hydrogens is 983 g/mol. The Morgan fingerprint density at radius 3 is 0.937 bits per heavy atom. The second-order valence-corrected chi connectivity index (χ2v) is 24.8. The third-order valence-corrected chi connectivity index (χ3v) is 15.7. The van der Waals surface area contributed by atoms with Crippen molar-refractivity contribution in [2.45, 2.75) is 360 Å². The van der Waals surface area contributed by atoms with Crippen molar-refractivity contribution in [3.63, 3.8) is 0 Å². The highest BCUT2D eigenvalue weighted by molar-refractivity contribution is 5.71. The van der Waals surface area contributed by atoms with Crippen molar-refractivity contribution in [3.05, 3.63) is 24.3 Å². The molecule has 9 nitrogen and oxygen atoms in total. The van der Waals surface area contributed by atoms with Gasteiger partial charge in [-0.1, -0.05) is 295 Å². The Morgan fingerprint density at radius 1 is 0.367 bits per heavy atom. The minimum atomic E-state index is -1.51. The number of unbranched alkanes of at least 4 members (excludes halogenated alkanes) is 46. The van der Waals surface area contributed by atoms with Crippen molar-refractivity contribution in [2.24, 2.45) is 0 Å². The molecule has 0 aromatic carbocycles. The van der Waals surface area contributed by atoms with Crippen LogP contribution in [-0.2, 0) is 33.3 Å². The molecule has 0 aromatic rings. The van der Waals surface area contributed by atoms with Gasteiger partial charge in [-0.05, 0) is 64.2 Å². The number of esters is 2. The van der Waals surface area contributed by atoms with Crippen LogP contribution in [0, 0.1) is 0 Å². The lowest BCUT2D eigenvalue weighted by Crippen LogP contribution is -2.40. The highest BCUT2D eigenvalue weighted by atomic mass is 16.7. The van der Waals surface area contributed by atoms with Gasteiger partial charge in [0.2, 0.25) is 0 Å². The van der Waals surface area contributed by atoms with E-state index in [0.29, 0.717) is 17.4 Å². The summed E-state index contributed by atoms with van der Waals surface area (Å²) in [6.07, 6.45) is 72.9. The van der Waals surface area contributed by atoms with E-state index in [9.17, 15) is 19.5 Å². The highest BCUT2D eigenvalue weighted by Gasteiger charge is 2.25. The smallest absolute Gasteiger partial charge is 0.361 e. The summed E-state index contributed by atoms with van der Waals surface area (Å²) in [7, 11) is 5.99. The SMILES string of the molecule is CCCCCCCCCC/C=C\CCCCCCCCCCCCCCCCCCCCCCCC(=O)OC(COC(=O)CCCCCCCCCCC/C=C\CCCCCCCCCC)COC(OCC[N+](C)(C)C)C(=O)O. The van der Waals surface area contributed by atoms with E-state index in [1.807, 2.05) is 21.1 Å². The van der Waals surface area contributed by atoms with E-state index in [-0.39, 0.29) is 38.2 Å². The van der Waals surface area contributed by atoms with Gasteiger partial charge >= 0.3 is 17.9 Å². The summed E-state index contributed by atoms with van der Waals surface area (Å²) in [5, 5.41) is 9.73. The number of likely N-dealkylation sites (N-methyl/N-ethyl adjacent to an activating group) is 1. The summed E-state index contributed by atoms with van der Waals surface area (Å²) in [6.45, 7) is 4.94. The lowest BCUT2D eigenvalue weighted by atomic mass is 10.0. The Kier molecular flexibility index (Phi) is 60.1. The largest absolute Gasteiger partial charge is 0.477 e. The van der Waals surface area contributed by atoms with Gasteiger partial charge in [-0.2, -0.15) is 0 Å². The van der Waals surface area contributed by atoms with Crippen LogP contribution in [0.15, 0.2) is 24.3 Å². The van der Waals surface area contributed by atoms with Crippen LogP contribution in [0.2, 0.25) is 0 Å². The molecule has 466 valence electrons. The van der Waals surface area contributed by atoms with E-state index in [4.69, 9.17) is 18.9 Å². The monoisotopic (exact) mass is 1120 g/mol. The van der Waals surface area contributed by atoms with Crippen molar-refractivity contribution < 1.29 is 42.9 Å². The predicted molar refractivity (Wildman–Crippen MR) is 337 cm³/mol. The number of carboxylic acid groups (broad SMARTS) is 1. The van der Waals surface area contributed by atoms with Crippen LogP contribution in [-0.4, -0.2) is 87.4 Å². The maximum Gasteiger partial charge on any atom is 0.361 e. The maximum atomic E-state index is 12.9. The van der Waals surface area contributed by atoms with Crippen LogP contribution < -0.4 is 0 Å². The van der Waals surface area contributed by atoms with Crippen LogP contribution in [0.5, 0.6) is 0 Å². The molecule has 0 radical (unpaired) electrons. The lowest BCUT2D eigenvalue weighted by Gasteiger charge is -2.25. The van der Waals surface area contributed by atoms with E-state index in [1.54, 1.807) is 0 Å². The Hall–Kier alpha value is -2.23. The molecule has 0 aromatic heterocycles. The molecule has 0 saturated carbocycles. The van der Waals surface area contributed by atoms with E-state index in [0.717, 1.165) is 38.5 Å². The van der Waals surface area contributed by atoms with Gasteiger partial charge in [-0.15, -0.1) is 0 Å². The van der Waals surface area contributed by atoms with Gasteiger partial charge in [0.15, 0.2) is 6.10 Å². The molecule has 0 aliphatic heterocycles. The van der Waals surface area contributed by atoms with Crippen LogP contribution in [0.1, 0.15) is 348 Å². The molecule has 0 aliphatic carbocycles. The summed E-state index contributed by atoms with van der Waals surface area (Å²) in [5.74, 6) is -1.98. The van der Waals surface area contributed by atoms with Crippen molar-refractivity contribution in [2.75, 3.05) is 47.5 Å². The van der Waals surface area contributed by atoms with Crippen LogP contribution >= 0.6 is 0 Å². The van der Waals surface area contributed by atoms with Gasteiger partial charge in [0.25, 0.3) is 6.29 Å². The summed E-state index contributed by atoms with van der Waals surface area (Å²) >= 11 is 0. The minimum Gasteiger partial charge on any atom is -0.477 e. The summed E-state index contributed by atoms with van der Waals surface area (Å²) < 4.78 is 23.0. The third-order valence-electron chi connectivity index (χ3n) is 15.7. The topological polar surface area (TPSA) is 108 Å². The van der Waals surface area contributed by atoms with Gasteiger partial charge in [-0.25, -0.2) is 4.79 Å². The predicted octanol–water partition coefficient (Wildman–Crippen LogP) is 21.0. The molecule has 2 atom stereocenters. The number of carbonyl (C=O) groups is 3. The maximum absolute atomic E-state index is 12.9. The first-order valence-electron chi connectivity index (χ1n) is 34.5. The summed E-state index contributed by atoms with van der Waals surface area (Å²) in [5.41, 5.74) is 0. The van der Waals surface area contributed by atoms with Crippen molar-refractivity contribution in [1.29, 1.82) is 0 Å². The van der Waals surface area contributed by atoms with Crippen molar-refractivity contribution in [1.82, 2.24) is 0 Å². The Balaban J connectivity index is 4.05. The average molecular weight is 1120 g/mol. The first kappa shape index (κ1) is 76.8. The van der Waals surface area contributed by atoms with E-state index in [1.165, 1.54) is 283 Å². The number of hydrogen-bond acceptors (Lipinski definition) is 7. The quantitative estimate of drug-likeness (QED) is 0.0211. The number of aliphatic carboxylic acids is 1. The molecular formula is C70H134NO8+. The molecule has 0 amide bonds. The van der Waals surface area contributed by atoms with Gasteiger partial charge in [-0.3, -0.25) is 9.59 Å². The van der Waals surface area contributed by atoms with Crippen LogP contribution in [0.4, 0.5) is 0 Å². The molecule has 2 unspecified atom stereocenters.